The van der Waals surface area contributed by atoms with Crippen molar-refractivity contribution in [2.45, 2.75) is 32.3 Å². The van der Waals surface area contributed by atoms with Crippen molar-refractivity contribution < 1.29 is 14.2 Å². The molecule has 31 heavy (non-hydrogen) atoms. The summed E-state index contributed by atoms with van der Waals surface area (Å²) in [4.78, 5) is 14.2. The maximum Gasteiger partial charge on any atom is 0.229 e. The van der Waals surface area contributed by atoms with Gasteiger partial charge in [-0.25, -0.2) is 14.4 Å². The number of ether oxygens (including phenoxy) is 1. The quantitative estimate of drug-likeness (QED) is 0.318. The molecule has 0 bridgehead atoms. The average molecular weight is 430 g/mol. The number of hydrazone groups is 1. The largest absolute Gasteiger partial charge is 0.492 e. The van der Waals surface area contributed by atoms with Gasteiger partial charge in [-0.3, -0.25) is 4.90 Å². The zero-order valence-electron chi connectivity index (χ0n) is 17.5. The molecule has 9 nitrogen and oxygen atoms in total. The minimum Gasteiger partial charge on any atom is -0.492 e. The van der Waals surface area contributed by atoms with Crippen molar-refractivity contribution in [1.82, 2.24) is 14.9 Å². The fourth-order valence-electron chi connectivity index (χ4n) is 3.24. The fraction of sp³-hybridized carbons (Fsp3) is 0.429. The first kappa shape index (κ1) is 22.6. The van der Waals surface area contributed by atoms with Crippen LogP contribution in [0, 0.1) is 5.82 Å². The lowest BCUT2D eigenvalue weighted by Gasteiger charge is -2.29. The van der Waals surface area contributed by atoms with Crippen LogP contribution in [0.1, 0.15) is 25.3 Å². The lowest BCUT2D eigenvalue weighted by molar-refractivity contribution is 0.0755. The second kappa shape index (κ2) is 11.3. The van der Waals surface area contributed by atoms with Crippen LogP contribution in [0.5, 0.6) is 5.75 Å². The number of rotatable bonds is 9. The molecule has 0 aliphatic carbocycles. The van der Waals surface area contributed by atoms with E-state index in [0.29, 0.717) is 6.61 Å². The number of aromatic nitrogens is 2. The molecule has 2 heterocycles. The second-order valence-electron chi connectivity index (χ2n) is 7.21. The number of nitrogens with one attached hydrogen (secondary N) is 1. The van der Waals surface area contributed by atoms with E-state index in [4.69, 9.17) is 10.6 Å². The number of halogens is 1. The summed E-state index contributed by atoms with van der Waals surface area (Å²) in [7, 11) is 0. The first-order valence-electron chi connectivity index (χ1n) is 10.3. The Balaban J connectivity index is 1.65. The van der Waals surface area contributed by atoms with Crippen molar-refractivity contribution in [2.24, 2.45) is 15.9 Å². The van der Waals surface area contributed by atoms with Crippen LogP contribution in [0.25, 0.3) is 0 Å². The van der Waals surface area contributed by atoms with Crippen LogP contribution in [-0.4, -0.2) is 64.7 Å². The molecule has 3 rings (SSSR count). The minimum absolute atomic E-state index is 0.118. The minimum atomic E-state index is -0.649. The molecule has 1 saturated heterocycles. The van der Waals surface area contributed by atoms with Gasteiger partial charge >= 0.3 is 0 Å². The number of benzene rings is 1. The molecule has 0 amide bonds. The van der Waals surface area contributed by atoms with Crippen molar-refractivity contribution in [3.63, 3.8) is 0 Å². The van der Waals surface area contributed by atoms with Crippen LogP contribution in [-0.2, 0) is 6.42 Å². The third kappa shape index (κ3) is 6.97. The van der Waals surface area contributed by atoms with Crippen molar-refractivity contribution >= 4 is 29.9 Å². The van der Waals surface area contributed by atoms with Gasteiger partial charge in [0, 0.05) is 37.6 Å². The van der Waals surface area contributed by atoms with Gasteiger partial charge in [-0.05, 0) is 37.0 Å². The molecular weight excluding hydrogens is 401 g/mol. The summed E-state index contributed by atoms with van der Waals surface area (Å²) in [6.45, 7) is 5.19. The summed E-state index contributed by atoms with van der Waals surface area (Å²) < 4.78 is 19.8. The summed E-state index contributed by atoms with van der Waals surface area (Å²) in [5.41, 5.74) is 1.82. The molecular formula is C21H28FN7O2. The van der Waals surface area contributed by atoms with Gasteiger partial charge in [-0.15, -0.1) is 0 Å². The van der Waals surface area contributed by atoms with Crippen LogP contribution in [0.3, 0.4) is 0 Å². The van der Waals surface area contributed by atoms with Crippen molar-refractivity contribution in [3.8, 4) is 5.75 Å². The highest BCUT2D eigenvalue weighted by molar-refractivity contribution is 6.16. The van der Waals surface area contributed by atoms with Crippen LogP contribution in [0.4, 0.5) is 21.8 Å². The van der Waals surface area contributed by atoms with E-state index in [1.165, 1.54) is 12.4 Å². The predicted octanol–water partition coefficient (Wildman–Crippen LogP) is 2.40. The third-order valence-electron chi connectivity index (χ3n) is 4.94. The summed E-state index contributed by atoms with van der Waals surface area (Å²) in [6.07, 6.45) is 5.80. The molecule has 10 heteroatoms. The van der Waals surface area contributed by atoms with Gasteiger partial charge in [0.1, 0.15) is 12.4 Å². The Morgan fingerprint density at radius 3 is 2.87 bits per heavy atom. The van der Waals surface area contributed by atoms with E-state index in [2.05, 4.69) is 37.2 Å². The Morgan fingerprint density at radius 2 is 2.13 bits per heavy atom. The van der Waals surface area contributed by atoms with E-state index in [1.54, 1.807) is 0 Å². The van der Waals surface area contributed by atoms with E-state index in [9.17, 15) is 9.50 Å². The third-order valence-corrected chi connectivity index (χ3v) is 4.94. The summed E-state index contributed by atoms with van der Waals surface area (Å²) in [5.74, 6) is 5.18. The number of nitrogens with zero attached hydrogens (tertiary/aromatic N) is 5. The number of aliphatic hydroxyl groups excluding tert-OH is 1. The Morgan fingerprint density at radius 1 is 1.32 bits per heavy atom. The van der Waals surface area contributed by atoms with Gasteiger partial charge < -0.3 is 21.0 Å². The number of aliphatic hydroxyl groups is 1. The SMILES string of the molecule is CCc1cc(Nc2ncc(F)c(N=CC=NN)n2)cc(OCCN2CCC(O)CC2)c1. The molecule has 166 valence electrons. The topological polar surface area (TPSA) is 121 Å². The summed E-state index contributed by atoms with van der Waals surface area (Å²) in [6, 6.07) is 5.82. The number of hydrogen-bond acceptors (Lipinski definition) is 9. The monoisotopic (exact) mass is 429 g/mol. The van der Waals surface area contributed by atoms with Crippen LogP contribution in [0.2, 0.25) is 0 Å². The van der Waals surface area contributed by atoms with Crippen LogP contribution in [0.15, 0.2) is 34.5 Å². The van der Waals surface area contributed by atoms with E-state index in [0.717, 1.165) is 62.1 Å². The molecule has 1 aromatic carbocycles. The predicted molar refractivity (Wildman–Crippen MR) is 119 cm³/mol. The first-order valence-corrected chi connectivity index (χ1v) is 10.3. The number of anilines is 2. The van der Waals surface area contributed by atoms with Gasteiger partial charge in [0.05, 0.1) is 18.5 Å². The molecule has 0 atom stereocenters. The number of aryl methyl sites for hydroxylation is 1. The van der Waals surface area contributed by atoms with Gasteiger partial charge in [0.2, 0.25) is 5.95 Å². The molecule has 1 aromatic heterocycles. The lowest BCUT2D eigenvalue weighted by Crippen LogP contribution is -2.38. The van der Waals surface area contributed by atoms with Gasteiger partial charge in [0.25, 0.3) is 0 Å². The van der Waals surface area contributed by atoms with Gasteiger partial charge in [-0.1, -0.05) is 6.92 Å². The Bertz CT molecular complexity index is 915. The number of likely N-dealkylation sites (tertiary alicyclic amines) is 1. The average Bonchev–Trinajstić information content (AvgIpc) is 2.77. The smallest absolute Gasteiger partial charge is 0.229 e. The lowest BCUT2D eigenvalue weighted by atomic mass is 10.1. The van der Waals surface area contributed by atoms with Crippen molar-refractivity contribution in [2.75, 3.05) is 31.6 Å². The molecule has 0 saturated carbocycles. The first-order chi connectivity index (χ1) is 15.1. The number of aliphatic imine (C=N–C) groups is 1. The maximum atomic E-state index is 13.9. The summed E-state index contributed by atoms with van der Waals surface area (Å²) >= 11 is 0. The maximum absolute atomic E-state index is 13.9. The normalized spacial score (nSPS) is 15.7. The van der Waals surface area contributed by atoms with Crippen LogP contribution >= 0.6 is 0 Å². The standard InChI is InChI=1S/C21H28FN7O2/c1-2-15-11-16(27-21-25-14-19(22)20(28-21)24-5-6-26-23)13-18(12-15)31-10-9-29-7-3-17(30)4-8-29/h5-6,11-14,17,30H,2-4,7-10,23H2,1H3,(H,25,27,28). The number of nitrogens with two attached hydrogens (primary N) is 1. The molecule has 1 fully saturated rings. The molecule has 1 aliphatic heterocycles. The molecule has 4 N–H and O–H groups in total. The number of piperidine rings is 1. The molecule has 2 aromatic rings. The molecule has 0 unspecified atom stereocenters. The zero-order valence-corrected chi connectivity index (χ0v) is 17.5. The number of hydrogen-bond donors (Lipinski definition) is 3. The van der Waals surface area contributed by atoms with Crippen molar-refractivity contribution in [1.29, 1.82) is 0 Å². The van der Waals surface area contributed by atoms with Gasteiger partial charge in [0.15, 0.2) is 11.6 Å². The Labute approximate surface area is 180 Å². The summed E-state index contributed by atoms with van der Waals surface area (Å²) in [5, 5.41) is 16.0. The highest BCUT2D eigenvalue weighted by Crippen LogP contribution is 2.25. The van der Waals surface area contributed by atoms with E-state index >= 15 is 0 Å². The van der Waals surface area contributed by atoms with E-state index in [-0.39, 0.29) is 17.9 Å². The Hall–Kier alpha value is -3.11. The second-order valence-corrected chi connectivity index (χ2v) is 7.21. The Kier molecular flexibility index (Phi) is 8.25. The molecule has 0 radical (unpaired) electrons. The molecule has 0 spiro atoms. The van der Waals surface area contributed by atoms with Crippen LogP contribution < -0.4 is 15.9 Å². The highest BCUT2D eigenvalue weighted by Gasteiger charge is 2.16. The fourth-order valence-corrected chi connectivity index (χ4v) is 3.24. The van der Waals surface area contributed by atoms with E-state index in [1.807, 2.05) is 18.2 Å². The highest BCUT2D eigenvalue weighted by atomic mass is 19.1. The zero-order chi connectivity index (χ0) is 22.1. The van der Waals surface area contributed by atoms with Gasteiger partial charge in [-0.2, -0.15) is 10.1 Å². The molecule has 1 aliphatic rings. The van der Waals surface area contributed by atoms with E-state index < -0.39 is 5.82 Å². The van der Waals surface area contributed by atoms with Crippen molar-refractivity contribution in [3.05, 3.63) is 35.8 Å².